The molecule has 0 aliphatic carbocycles. The van der Waals surface area contributed by atoms with Crippen molar-refractivity contribution in [3.63, 3.8) is 0 Å². The van der Waals surface area contributed by atoms with Gasteiger partial charge in [-0.2, -0.15) is 0 Å². The van der Waals surface area contributed by atoms with Gasteiger partial charge in [-0.3, -0.25) is 4.57 Å². The predicted octanol–water partition coefficient (Wildman–Crippen LogP) is 2.56. The Labute approximate surface area is 158 Å². The molecule has 0 spiro atoms. The molecular weight excluding hydrogens is 342 g/mol. The molecule has 7 heteroatoms. The van der Waals surface area contributed by atoms with Crippen LogP contribution in [0.25, 0.3) is 11.2 Å². The molecule has 3 atom stereocenters. The summed E-state index contributed by atoms with van der Waals surface area (Å²) in [7, 11) is 2.04. The maximum Gasteiger partial charge on any atom is 0.167 e. The van der Waals surface area contributed by atoms with Gasteiger partial charge in [-0.1, -0.05) is 30.3 Å². The van der Waals surface area contributed by atoms with Gasteiger partial charge in [-0.25, -0.2) is 15.0 Å². The van der Waals surface area contributed by atoms with Crippen molar-refractivity contribution in [2.24, 2.45) is 0 Å². The average Bonchev–Trinajstić information content (AvgIpc) is 3.34. The van der Waals surface area contributed by atoms with E-state index in [4.69, 9.17) is 4.74 Å². The first-order valence-corrected chi connectivity index (χ1v) is 9.38. The van der Waals surface area contributed by atoms with Crippen molar-refractivity contribution in [3.8, 4) is 0 Å². The van der Waals surface area contributed by atoms with E-state index in [9.17, 15) is 5.11 Å². The number of ether oxygens (including phenoxy) is 1. The van der Waals surface area contributed by atoms with Crippen LogP contribution in [0.15, 0.2) is 43.0 Å². The Bertz CT molecular complexity index is 898. The van der Waals surface area contributed by atoms with Gasteiger partial charge in [0.25, 0.3) is 0 Å². The third-order valence-corrected chi connectivity index (χ3v) is 5.31. The van der Waals surface area contributed by atoms with E-state index in [1.54, 1.807) is 12.7 Å². The van der Waals surface area contributed by atoms with Crippen molar-refractivity contribution in [2.75, 3.05) is 18.6 Å². The number of hydrogen-bond acceptors (Lipinski definition) is 6. The highest BCUT2D eigenvalue weighted by atomic mass is 16.5. The Balaban J connectivity index is 1.59. The fourth-order valence-corrected chi connectivity index (χ4v) is 3.63. The maximum atomic E-state index is 9.31. The third kappa shape index (κ3) is 3.52. The van der Waals surface area contributed by atoms with Crippen LogP contribution in [0.3, 0.4) is 0 Å². The number of aliphatic hydroxyl groups is 1. The molecule has 0 bridgehead atoms. The molecule has 27 heavy (non-hydrogen) atoms. The summed E-state index contributed by atoms with van der Waals surface area (Å²) >= 11 is 0. The minimum Gasteiger partial charge on any atom is -0.394 e. The predicted molar refractivity (Wildman–Crippen MR) is 104 cm³/mol. The monoisotopic (exact) mass is 367 g/mol. The number of aliphatic hydroxyl groups excluding tert-OH is 1. The first-order chi connectivity index (χ1) is 13.2. The molecule has 1 saturated heterocycles. The number of anilines is 1. The first kappa shape index (κ1) is 17.9. The number of rotatable bonds is 6. The molecular formula is C20H25N5O2. The highest BCUT2D eigenvalue weighted by molar-refractivity contribution is 5.83. The molecule has 2 aromatic heterocycles. The van der Waals surface area contributed by atoms with Gasteiger partial charge in [-0.05, 0) is 31.7 Å². The molecule has 4 rings (SSSR count). The van der Waals surface area contributed by atoms with Crippen LogP contribution in [0, 0.1) is 0 Å². The number of benzene rings is 1. The normalized spacial score (nSPS) is 20.9. The second-order valence-corrected chi connectivity index (χ2v) is 7.14. The second-order valence-electron chi connectivity index (χ2n) is 7.14. The molecule has 1 N–H and O–H groups in total. The van der Waals surface area contributed by atoms with Gasteiger partial charge < -0.3 is 14.7 Å². The molecule has 3 aromatic rings. The topological polar surface area (TPSA) is 76.3 Å². The Morgan fingerprint density at radius 2 is 2.04 bits per heavy atom. The molecule has 1 aliphatic heterocycles. The van der Waals surface area contributed by atoms with E-state index in [-0.39, 0.29) is 25.0 Å². The Morgan fingerprint density at radius 1 is 1.22 bits per heavy atom. The first-order valence-electron chi connectivity index (χ1n) is 9.38. The number of imidazole rings is 1. The summed E-state index contributed by atoms with van der Waals surface area (Å²) in [5, 5.41) is 9.31. The van der Waals surface area contributed by atoms with Crippen molar-refractivity contribution in [2.45, 2.75) is 44.6 Å². The zero-order valence-electron chi connectivity index (χ0n) is 15.7. The van der Waals surface area contributed by atoms with E-state index in [0.29, 0.717) is 0 Å². The average molecular weight is 367 g/mol. The van der Waals surface area contributed by atoms with E-state index < -0.39 is 0 Å². The summed E-state index contributed by atoms with van der Waals surface area (Å²) in [5.74, 6) is 0.818. The van der Waals surface area contributed by atoms with Crippen LogP contribution in [0.4, 0.5) is 5.82 Å². The quantitative estimate of drug-likeness (QED) is 0.722. The summed E-state index contributed by atoms with van der Waals surface area (Å²) in [6, 6.07) is 10.7. The zero-order valence-corrected chi connectivity index (χ0v) is 15.7. The molecule has 3 unspecified atom stereocenters. The van der Waals surface area contributed by atoms with Crippen molar-refractivity contribution >= 4 is 17.0 Å². The molecule has 0 amide bonds. The Kier molecular flexibility index (Phi) is 5.05. The smallest absolute Gasteiger partial charge is 0.167 e. The van der Waals surface area contributed by atoms with Crippen LogP contribution >= 0.6 is 0 Å². The van der Waals surface area contributed by atoms with Gasteiger partial charge in [0.2, 0.25) is 0 Å². The second kappa shape index (κ2) is 7.62. The molecule has 142 valence electrons. The van der Waals surface area contributed by atoms with Crippen molar-refractivity contribution < 1.29 is 9.84 Å². The van der Waals surface area contributed by atoms with E-state index in [1.807, 2.05) is 17.7 Å². The summed E-state index contributed by atoms with van der Waals surface area (Å²) in [6.07, 6.45) is 5.71. The van der Waals surface area contributed by atoms with Crippen molar-refractivity contribution in [1.29, 1.82) is 0 Å². The lowest BCUT2D eigenvalue weighted by Gasteiger charge is -2.26. The van der Waals surface area contributed by atoms with Crippen LogP contribution in [-0.4, -0.2) is 50.4 Å². The minimum absolute atomic E-state index is 0.0447. The maximum absolute atomic E-state index is 9.31. The highest BCUT2D eigenvalue weighted by Crippen LogP contribution is 2.32. The number of nitrogens with zero attached hydrogens (tertiary/aromatic N) is 5. The Hall–Kier alpha value is -2.51. The van der Waals surface area contributed by atoms with Crippen LogP contribution in [0.5, 0.6) is 0 Å². The van der Waals surface area contributed by atoms with Gasteiger partial charge in [0, 0.05) is 13.1 Å². The van der Waals surface area contributed by atoms with E-state index in [0.717, 1.165) is 36.2 Å². The number of hydrogen-bond donors (Lipinski definition) is 1. The molecule has 1 fully saturated rings. The van der Waals surface area contributed by atoms with Gasteiger partial charge >= 0.3 is 0 Å². The standard InChI is InChI=1S/C20H25N5O2/c1-14(10-15-6-4-3-5-7-15)24(2)19-18-20(22-12-21-19)25(13-23-18)17-9-8-16(11-26)27-17/h3-7,12-14,16-17,26H,8-11H2,1-2H3. The molecule has 3 heterocycles. The van der Waals surface area contributed by atoms with Crippen molar-refractivity contribution in [1.82, 2.24) is 19.5 Å². The highest BCUT2D eigenvalue weighted by Gasteiger charge is 2.28. The molecule has 1 aromatic carbocycles. The zero-order chi connectivity index (χ0) is 18.8. The van der Waals surface area contributed by atoms with Gasteiger partial charge in [0.15, 0.2) is 17.0 Å². The van der Waals surface area contributed by atoms with E-state index in [1.165, 1.54) is 5.56 Å². The lowest BCUT2D eigenvalue weighted by molar-refractivity contribution is -0.0207. The number of aromatic nitrogens is 4. The van der Waals surface area contributed by atoms with Crippen LogP contribution in [0.2, 0.25) is 0 Å². The lowest BCUT2D eigenvalue weighted by Crippen LogP contribution is -2.31. The summed E-state index contributed by atoms with van der Waals surface area (Å²) in [4.78, 5) is 15.7. The van der Waals surface area contributed by atoms with Gasteiger partial charge in [0.05, 0.1) is 19.0 Å². The third-order valence-electron chi connectivity index (χ3n) is 5.31. The fourth-order valence-electron chi connectivity index (χ4n) is 3.63. The molecule has 0 radical (unpaired) electrons. The summed E-state index contributed by atoms with van der Waals surface area (Å²) < 4.78 is 7.84. The van der Waals surface area contributed by atoms with E-state index in [2.05, 4.69) is 51.0 Å². The van der Waals surface area contributed by atoms with Gasteiger partial charge in [0.1, 0.15) is 12.6 Å². The largest absolute Gasteiger partial charge is 0.394 e. The molecule has 0 saturated carbocycles. The summed E-state index contributed by atoms with van der Waals surface area (Å²) in [5.41, 5.74) is 2.83. The molecule has 1 aliphatic rings. The fraction of sp³-hybridized carbons (Fsp3) is 0.450. The summed E-state index contributed by atoms with van der Waals surface area (Å²) in [6.45, 7) is 2.23. The minimum atomic E-state index is -0.137. The van der Waals surface area contributed by atoms with Crippen LogP contribution < -0.4 is 4.90 Å². The van der Waals surface area contributed by atoms with Crippen LogP contribution in [-0.2, 0) is 11.2 Å². The lowest BCUT2D eigenvalue weighted by atomic mass is 10.1. The van der Waals surface area contributed by atoms with Crippen molar-refractivity contribution in [3.05, 3.63) is 48.5 Å². The Morgan fingerprint density at radius 3 is 2.78 bits per heavy atom. The van der Waals surface area contributed by atoms with Crippen LogP contribution in [0.1, 0.15) is 31.6 Å². The van der Waals surface area contributed by atoms with E-state index >= 15 is 0 Å². The number of likely N-dealkylation sites (N-methyl/N-ethyl adjacent to an activating group) is 1. The number of fused-ring (bicyclic) bond motifs is 1. The molecule has 7 nitrogen and oxygen atoms in total. The van der Waals surface area contributed by atoms with Gasteiger partial charge in [-0.15, -0.1) is 0 Å². The SMILES string of the molecule is CC(Cc1ccccc1)N(C)c1ncnc2c1ncn2C1CCC(CO)O1.